The van der Waals surface area contributed by atoms with Crippen LogP contribution in [0, 0.1) is 13.8 Å². The maximum absolute atomic E-state index is 12.3. The van der Waals surface area contributed by atoms with E-state index < -0.39 is 18.0 Å². The number of carbonyl (C=O) groups excluding carboxylic acids is 4. The number of aryl methyl sites for hydroxylation is 2. The molecule has 0 spiro atoms. The van der Waals surface area contributed by atoms with Gasteiger partial charge in [-0.25, -0.2) is 4.79 Å². The van der Waals surface area contributed by atoms with Crippen molar-refractivity contribution in [2.75, 3.05) is 25.5 Å². The number of para-hydroxylation sites is 1. The van der Waals surface area contributed by atoms with Crippen molar-refractivity contribution in [1.82, 2.24) is 9.80 Å². The number of carbonyl (C=O) groups is 4. The number of rotatable bonds is 7. The first-order chi connectivity index (χ1) is 12.7. The molecular weight excluding hydrogens is 350 g/mol. The maximum atomic E-state index is 12.3. The number of nitrogens with zero attached hydrogens (tertiary/aromatic N) is 2. The number of urea groups is 1. The number of ether oxygens (including phenoxy) is 1. The van der Waals surface area contributed by atoms with Gasteiger partial charge in [0.2, 0.25) is 5.91 Å². The number of likely N-dealkylation sites (N-methyl/N-ethyl adjacent to an activating group) is 1. The zero-order valence-corrected chi connectivity index (χ0v) is 16.1. The highest BCUT2D eigenvalue weighted by Crippen LogP contribution is 2.20. The minimum atomic E-state index is -0.947. The SMILES string of the molecule is Cc1cccc(C)c1NC(=O)[C@H](C)OC(=O)CCCN1C(=O)CN(C)C1=O. The van der Waals surface area contributed by atoms with Crippen LogP contribution < -0.4 is 5.32 Å². The number of amides is 4. The Balaban J connectivity index is 1.79. The fourth-order valence-electron chi connectivity index (χ4n) is 2.82. The van der Waals surface area contributed by atoms with Gasteiger partial charge in [0.25, 0.3) is 5.91 Å². The molecule has 8 nitrogen and oxygen atoms in total. The summed E-state index contributed by atoms with van der Waals surface area (Å²) >= 11 is 0. The van der Waals surface area contributed by atoms with Gasteiger partial charge < -0.3 is 15.0 Å². The minimum absolute atomic E-state index is 0.0157. The van der Waals surface area contributed by atoms with E-state index in [-0.39, 0.29) is 37.9 Å². The molecule has 27 heavy (non-hydrogen) atoms. The molecule has 1 aromatic carbocycles. The van der Waals surface area contributed by atoms with Crippen molar-refractivity contribution in [2.45, 2.75) is 39.7 Å². The molecule has 0 bridgehead atoms. The molecule has 1 N–H and O–H groups in total. The van der Waals surface area contributed by atoms with Crippen molar-refractivity contribution in [2.24, 2.45) is 0 Å². The third-order valence-electron chi connectivity index (χ3n) is 4.40. The highest BCUT2D eigenvalue weighted by atomic mass is 16.5. The fourth-order valence-corrected chi connectivity index (χ4v) is 2.82. The van der Waals surface area contributed by atoms with E-state index in [1.54, 1.807) is 7.05 Å². The summed E-state index contributed by atoms with van der Waals surface area (Å²) < 4.78 is 5.15. The van der Waals surface area contributed by atoms with E-state index in [2.05, 4.69) is 5.32 Å². The summed E-state index contributed by atoms with van der Waals surface area (Å²) in [4.78, 5) is 50.1. The molecule has 0 aliphatic carbocycles. The quantitative estimate of drug-likeness (QED) is 0.580. The van der Waals surface area contributed by atoms with Crippen molar-refractivity contribution < 1.29 is 23.9 Å². The summed E-state index contributed by atoms with van der Waals surface area (Å²) in [5.41, 5.74) is 2.55. The molecule has 146 valence electrons. The summed E-state index contributed by atoms with van der Waals surface area (Å²) in [6.07, 6.45) is -0.644. The van der Waals surface area contributed by atoms with Crippen LogP contribution in [0.25, 0.3) is 0 Å². The molecule has 0 unspecified atom stereocenters. The molecule has 1 aliphatic heterocycles. The van der Waals surface area contributed by atoms with E-state index in [1.807, 2.05) is 32.0 Å². The topological polar surface area (TPSA) is 96.0 Å². The first kappa shape index (κ1) is 20.4. The van der Waals surface area contributed by atoms with Crippen LogP contribution in [-0.4, -0.2) is 59.9 Å². The molecule has 0 saturated carbocycles. The third kappa shape index (κ3) is 5.06. The Morgan fingerprint density at radius 2 is 1.85 bits per heavy atom. The standard InChI is InChI=1S/C19H25N3O5/c1-12-7-5-8-13(2)17(12)20-18(25)14(3)27-16(24)9-6-10-22-15(23)11-21(4)19(22)26/h5,7-8,14H,6,9-11H2,1-4H3,(H,20,25)/t14-/m0/s1. The molecular formula is C19H25N3O5. The molecule has 1 heterocycles. The lowest BCUT2D eigenvalue weighted by molar-refractivity contribution is -0.153. The Labute approximate surface area is 158 Å². The van der Waals surface area contributed by atoms with Gasteiger partial charge in [0, 0.05) is 25.7 Å². The van der Waals surface area contributed by atoms with Crippen molar-refractivity contribution >= 4 is 29.5 Å². The number of anilines is 1. The Kier molecular flexibility index (Phi) is 6.55. The summed E-state index contributed by atoms with van der Waals surface area (Å²) in [5.74, 6) is -1.24. The third-order valence-corrected chi connectivity index (χ3v) is 4.40. The Morgan fingerprint density at radius 3 is 2.41 bits per heavy atom. The summed E-state index contributed by atoms with van der Waals surface area (Å²) in [5, 5.41) is 2.78. The maximum Gasteiger partial charge on any atom is 0.326 e. The smallest absolute Gasteiger partial charge is 0.326 e. The minimum Gasteiger partial charge on any atom is -0.453 e. The van der Waals surface area contributed by atoms with Crippen LogP contribution >= 0.6 is 0 Å². The van der Waals surface area contributed by atoms with Gasteiger partial charge in [0.15, 0.2) is 6.10 Å². The van der Waals surface area contributed by atoms with Gasteiger partial charge in [-0.1, -0.05) is 18.2 Å². The molecule has 1 saturated heterocycles. The number of nitrogens with one attached hydrogen (secondary N) is 1. The van der Waals surface area contributed by atoms with Gasteiger partial charge >= 0.3 is 12.0 Å². The second-order valence-corrected chi connectivity index (χ2v) is 6.68. The largest absolute Gasteiger partial charge is 0.453 e. The van der Waals surface area contributed by atoms with Crippen molar-refractivity contribution in [3.05, 3.63) is 29.3 Å². The van der Waals surface area contributed by atoms with Gasteiger partial charge in [-0.2, -0.15) is 0 Å². The molecule has 1 fully saturated rings. The monoisotopic (exact) mass is 375 g/mol. The van der Waals surface area contributed by atoms with E-state index in [9.17, 15) is 19.2 Å². The molecule has 8 heteroatoms. The lowest BCUT2D eigenvalue weighted by atomic mass is 10.1. The lowest BCUT2D eigenvalue weighted by Gasteiger charge is -2.17. The molecule has 0 radical (unpaired) electrons. The van der Waals surface area contributed by atoms with E-state index in [0.717, 1.165) is 16.0 Å². The second-order valence-electron chi connectivity index (χ2n) is 6.68. The summed E-state index contributed by atoms with van der Waals surface area (Å²) in [6, 6.07) is 5.31. The van der Waals surface area contributed by atoms with Gasteiger partial charge in [-0.05, 0) is 38.3 Å². The number of hydrogen-bond acceptors (Lipinski definition) is 5. The second kappa shape index (κ2) is 8.66. The molecule has 1 atom stereocenters. The predicted molar refractivity (Wildman–Crippen MR) is 99.1 cm³/mol. The van der Waals surface area contributed by atoms with Gasteiger partial charge in [-0.15, -0.1) is 0 Å². The first-order valence-electron chi connectivity index (χ1n) is 8.82. The molecule has 0 aromatic heterocycles. The average molecular weight is 375 g/mol. The van der Waals surface area contributed by atoms with Crippen LogP contribution in [0.5, 0.6) is 0 Å². The van der Waals surface area contributed by atoms with Crippen LogP contribution in [0.4, 0.5) is 10.5 Å². The van der Waals surface area contributed by atoms with Crippen LogP contribution in [-0.2, 0) is 19.1 Å². The molecule has 1 aliphatic rings. The highest BCUT2D eigenvalue weighted by Gasteiger charge is 2.33. The van der Waals surface area contributed by atoms with E-state index in [1.165, 1.54) is 11.8 Å². The zero-order chi connectivity index (χ0) is 20.1. The molecule has 4 amide bonds. The van der Waals surface area contributed by atoms with Crippen LogP contribution in [0.3, 0.4) is 0 Å². The van der Waals surface area contributed by atoms with Crippen LogP contribution in [0.1, 0.15) is 30.9 Å². The van der Waals surface area contributed by atoms with Gasteiger partial charge in [0.1, 0.15) is 6.54 Å². The normalized spacial score (nSPS) is 15.1. The van der Waals surface area contributed by atoms with E-state index >= 15 is 0 Å². The van der Waals surface area contributed by atoms with E-state index in [0.29, 0.717) is 5.69 Å². The van der Waals surface area contributed by atoms with E-state index in [4.69, 9.17) is 4.74 Å². The summed E-state index contributed by atoms with van der Waals surface area (Å²) in [7, 11) is 1.55. The Hall–Kier alpha value is -2.90. The number of imide groups is 1. The lowest BCUT2D eigenvalue weighted by Crippen LogP contribution is -2.33. The zero-order valence-electron chi connectivity index (χ0n) is 16.1. The molecule has 2 rings (SSSR count). The van der Waals surface area contributed by atoms with Crippen molar-refractivity contribution in [3.63, 3.8) is 0 Å². The van der Waals surface area contributed by atoms with Gasteiger partial charge in [0.05, 0.1) is 0 Å². The number of benzene rings is 1. The van der Waals surface area contributed by atoms with Crippen LogP contribution in [0.15, 0.2) is 18.2 Å². The van der Waals surface area contributed by atoms with Gasteiger partial charge in [-0.3, -0.25) is 19.3 Å². The van der Waals surface area contributed by atoms with Crippen molar-refractivity contribution in [3.8, 4) is 0 Å². The molecule has 1 aromatic rings. The predicted octanol–water partition coefficient (Wildman–Crippen LogP) is 1.85. The van der Waals surface area contributed by atoms with Crippen molar-refractivity contribution in [1.29, 1.82) is 0 Å². The Morgan fingerprint density at radius 1 is 1.22 bits per heavy atom. The fraction of sp³-hybridized carbons (Fsp3) is 0.474. The first-order valence-corrected chi connectivity index (χ1v) is 8.82. The number of esters is 1. The average Bonchev–Trinajstić information content (AvgIpc) is 2.84. The Bertz CT molecular complexity index is 741. The summed E-state index contributed by atoms with van der Waals surface area (Å²) in [6.45, 7) is 5.48. The number of hydrogen-bond donors (Lipinski definition) is 1. The van der Waals surface area contributed by atoms with Crippen LogP contribution in [0.2, 0.25) is 0 Å². The highest BCUT2D eigenvalue weighted by molar-refractivity contribution is 6.01.